The molecule has 2 aliphatic carbocycles. The molecular weight excluding hydrogens is 458 g/mol. The molecule has 0 bridgehead atoms. The summed E-state index contributed by atoms with van der Waals surface area (Å²) in [7, 11) is 1.85. The molecule has 1 heterocycles. The molecule has 0 saturated heterocycles. The summed E-state index contributed by atoms with van der Waals surface area (Å²) in [5, 5.41) is 11.5. The zero-order valence-corrected chi connectivity index (χ0v) is 20.5. The number of carbonyl (C=O) groups excluding carboxylic acids is 2. The van der Waals surface area contributed by atoms with Crippen LogP contribution in [-0.2, 0) is 22.4 Å². The predicted octanol–water partition coefficient (Wildman–Crippen LogP) is 3.09. The SMILES string of the molecule is CN1C(=O)CN=C(C2CCCCC2)c2ccccc21.NC(=O)Nc1ccc2c(c1)CC(N)(C(=O)O)C2. The number of carboxylic acids is 1. The summed E-state index contributed by atoms with van der Waals surface area (Å²) in [6.07, 6.45) is 6.89. The Hall–Kier alpha value is -3.72. The highest BCUT2D eigenvalue weighted by molar-refractivity contribution is 6.12. The summed E-state index contributed by atoms with van der Waals surface area (Å²) in [5.74, 6) is -0.398. The number of likely N-dealkylation sites (N-methyl/N-ethyl adjacent to an activating group) is 1. The van der Waals surface area contributed by atoms with Crippen LogP contribution >= 0.6 is 0 Å². The third-order valence-corrected chi connectivity index (χ3v) is 7.20. The first-order chi connectivity index (χ1) is 17.2. The van der Waals surface area contributed by atoms with Crippen molar-refractivity contribution in [3.63, 3.8) is 0 Å². The van der Waals surface area contributed by atoms with Crippen molar-refractivity contribution in [1.29, 1.82) is 0 Å². The summed E-state index contributed by atoms with van der Waals surface area (Å²) >= 11 is 0. The third kappa shape index (κ3) is 5.41. The first-order valence-electron chi connectivity index (χ1n) is 12.3. The first kappa shape index (κ1) is 25.4. The molecule has 0 aromatic heterocycles. The van der Waals surface area contributed by atoms with E-state index in [9.17, 15) is 14.4 Å². The zero-order chi connectivity index (χ0) is 25.9. The van der Waals surface area contributed by atoms with Gasteiger partial charge in [0.1, 0.15) is 12.1 Å². The van der Waals surface area contributed by atoms with Crippen LogP contribution in [0.5, 0.6) is 0 Å². The second-order valence-electron chi connectivity index (χ2n) is 9.79. The molecule has 2 aromatic carbocycles. The predicted molar refractivity (Wildman–Crippen MR) is 139 cm³/mol. The Morgan fingerprint density at radius 3 is 2.47 bits per heavy atom. The molecule has 0 radical (unpaired) electrons. The average molecular weight is 492 g/mol. The lowest BCUT2D eigenvalue weighted by atomic mass is 9.83. The number of nitrogens with one attached hydrogen (secondary N) is 1. The quantitative estimate of drug-likeness (QED) is 0.520. The number of aliphatic carboxylic acids is 1. The third-order valence-electron chi connectivity index (χ3n) is 7.20. The fourth-order valence-corrected chi connectivity index (χ4v) is 5.26. The molecule has 9 heteroatoms. The fraction of sp³-hybridized carbons (Fsp3) is 0.407. The number of carboxylic acid groups (broad SMARTS) is 1. The van der Waals surface area contributed by atoms with Gasteiger partial charge in [0.2, 0.25) is 5.91 Å². The van der Waals surface area contributed by atoms with Crippen LogP contribution in [0.15, 0.2) is 47.5 Å². The van der Waals surface area contributed by atoms with Gasteiger partial charge in [0.05, 0.1) is 5.69 Å². The summed E-state index contributed by atoms with van der Waals surface area (Å²) in [5.41, 5.74) is 15.2. The molecule has 190 valence electrons. The van der Waals surface area contributed by atoms with Crippen molar-refractivity contribution in [3.05, 3.63) is 59.2 Å². The molecule has 9 nitrogen and oxygen atoms in total. The summed E-state index contributed by atoms with van der Waals surface area (Å²) in [6.45, 7) is 0.289. The summed E-state index contributed by atoms with van der Waals surface area (Å²) in [6, 6.07) is 12.7. The number of para-hydroxylation sites is 1. The maximum absolute atomic E-state index is 12.0. The second-order valence-corrected chi connectivity index (χ2v) is 9.79. The van der Waals surface area contributed by atoms with E-state index in [1.54, 1.807) is 23.1 Å². The fourth-order valence-electron chi connectivity index (χ4n) is 5.26. The van der Waals surface area contributed by atoms with E-state index in [4.69, 9.17) is 16.6 Å². The van der Waals surface area contributed by atoms with Gasteiger partial charge in [-0.2, -0.15) is 0 Å². The van der Waals surface area contributed by atoms with Crippen molar-refractivity contribution in [2.24, 2.45) is 22.4 Å². The van der Waals surface area contributed by atoms with Crippen molar-refractivity contribution >= 4 is 35.0 Å². The number of nitrogens with zero attached hydrogens (tertiary/aromatic N) is 2. The van der Waals surface area contributed by atoms with Crippen molar-refractivity contribution < 1.29 is 19.5 Å². The van der Waals surface area contributed by atoms with E-state index < -0.39 is 17.5 Å². The minimum absolute atomic E-state index is 0.0817. The maximum Gasteiger partial charge on any atom is 0.324 e. The number of primary amides is 1. The minimum Gasteiger partial charge on any atom is -0.480 e. The molecule has 1 unspecified atom stereocenters. The van der Waals surface area contributed by atoms with Crippen LogP contribution in [0.3, 0.4) is 0 Å². The number of rotatable bonds is 3. The summed E-state index contributed by atoms with van der Waals surface area (Å²) < 4.78 is 0. The van der Waals surface area contributed by atoms with E-state index in [-0.39, 0.29) is 18.9 Å². The number of aliphatic imine (C=N–C) groups is 1. The lowest BCUT2D eigenvalue weighted by Gasteiger charge is -2.25. The number of hydrogen-bond acceptors (Lipinski definition) is 5. The number of anilines is 2. The van der Waals surface area contributed by atoms with Crippen molar-refractivity contribution in [2.45, 2.75) is 50.5 Å². The molecular formula is C27H33N5O4. The Morgan fingerprint density at radius 2 is 1.78 bits per heavy atom. The highest BCUT2D eigenvalue weighted by atomic mass is 16.4. The smallest absolute Gasteiger partial charge is 0.324 e. The van der Waals surface area contributed by atoms with Gasteiger partial charge in [-0.05, 0) is 42.2 Å². The number of carbonyl (C=O) groups is 3. The Kier molecular flexibility index (Phi) is 7.40. The number of nitrogens with two attached hydrogens (primary N) is 2. The lowest BCUT2D eigenvalue weighted by Crippen LogP contribution is -2.48. The van der Waals surface area contributed by atoms with Crippen LogP contribution in [-0.4, -0.2) is 47.9 Å². The standard InChI is InChI=1S/C16H20N2O.C11H13N3O3/c1-18-14-10-6-5-9-13(14)16(17-11-15(18)19)12-7-3-2-4-8-12;12-10(17)14-8-2-1-6-4-11(13,9(15)16)5-7(6)3-8/h5-6,9-10,12H,2-4,7-8,11H2,1H3;1-3H,4-5,13H2,(H,15,16)(H3,12,14,17). The monoisotopic (exact) mass is 491 g/mol. The molecule has 3 amide bonds. The largest absolute Gasteiger partial charge is 0.480 e. The molecule has 2 aromatic rings. The molecule has 0 spiro atoms. The van der Waals surface area contributed by atoms with E-state index in [1.165, 1.54) is 32.1 Å². The average Bonchev–Trinajstić information content (AvgIpc) is 3.15. The minimum atomic E-state index is -1.24. The highest BCUT2D eigenvalue weighted by Gasteiger charge is 2.40. The highest BCUT2D eigenvalue weighted by Crippen LogP contribution is 2.33. The van der Waals surface area contributed by atoms with Crippen molar-refractivity contribution in [1.82, 2.24) is 0 Å². The Bertz CT molecular complexity index is 1200. The first-order valence-corrected chi connectivity index (χ1v) is 12.3. The van der Waals surface area contributed by atoms with Crippen LogP contribution in [0.1, 0.15) is 48.8 Å². The molecule has 1 aliphatic heterocycles. The van der Waals surface area contributed by atoms with Gasteiger partial charge < -0.3 is 26.8 Å². The molecule has 1 atom stereocenters. The molecule has 1 fully saturated rings. The van der Waals surface area contributed by atoms with Gasteiger partial charge in [-0.15, -0.1) is 0 Å². The number of benzene rings is 2. The van der Waals surface area contributed by atoms with Crippen LogP contribution in [0.4, 0.5) is 16.2 Å². The number of urea groups is 1. The number of hydrogen-bond donors (Lipinski definition) is 4. The lowest BCUT2D eigenvalue weighted by molar-refractivity contribution is -0.142. The molecule has 36 heavy (non-hydrogen) atoms. The van der Waals surface area contributed by atoms with Gasteiger partial charge in [-0.3, -0.25) is 14.6 Å². The molecule has 6 N–H and O–H groups in total. The Labute approximate surface area is 210 Å². The van der Waals surface area contributed by atoms with Gasteiger partial charge in [0.15, 0.2) is 0 Å². The zero-order valence-electron chi connectivity index (χ0n) is 20.5. The van der Waals surface area contributed by atoms with Crippen molar-refractivity contribution in [2.75, 3.05) is 23.8 Å². The van der Waals surface area contributed by atoms with Gasteiger partial charge in [0.25, 0.3) is 0 Å². The Balaban J connectivity index is 0.000000170. The number of amides is 3. The number of fused-ring (bicyclic) bond motifs is 2. The molecule has 1 saturated carbocycles. The van der Waals surface area contributed by atoms with Gasteiger partial charge in [-0.25, -0.2) is 4.79 Å². The molecule has 5 rings (SSSR count). The van der Waals surface area contributed by atoms with Gasteiger partial charge in [-0.1, -0.05) is 43.5 Å². The van der Waals surface area contributed by atoms with Gasteiger partial charge >= 0.3 is 12.0 Å². The van der Waals surface area contributed by atoms with Gasteiger partial charge in [0, 0.05) is 42.8 Å². The van der Waals surface area contributed by atoms with Crippen molar-refractivity contribution in [3.8, 4) is 0 Å². The van der Waals surface area contributed by atoms with E-state index in [1.807, 2.05) is 25.2 Å². The Morgan fingerprint density at radius 1 is 1.08 bits per heavy atom. The topological polar surface area (TPSA) is 151 Å². The van der Waals surface area contributed by atoms with Crippen LogP contribution < -0.4 is 21.7 Å². The maximum atomic E-state index is 12.0. The number of benzodiazepines with no additional fused rings is 1. The van der Waals surface area contributed by atoms with E-state index in [0.29, 0.717) is 18.0 Å². The van der Waals surface area contributed by atoms with Crippen LogP contribution in [0.25, 0.3) is 0 Å². The van der Waals surface area contributed by atoms with E-state index >= 15 is 0 Å². The molecule has 3 aliphatic rings. The normalized spacial score (nSPS) is 21.3. The van der Waals surface area contributed by atoms with E-state index in [0.717, 1.165) is 28.1 Å². The van der Waals surface area contributed by atoms with E-state index in [2.05, 4.69) is 16.4 Å². The van der Waals surface area contributed by atoms with Crippen LogP contribution in [0.2, 0.25) is 0 Å². The second kappa shape index (κ2) is 10.5. The van der Waals surface area contributed by atoms with Crippen LogP contribution in [0, 0.1) is 5.92 Å². The summed E-state index contributed by atoms with van der Waals surface area (Å²) in [4.78, 5) is 40.2.